The molecule has 7 heteroatoms. The predicted octanol–water partition coefficient (Wildman–Crippen LogP) is 3.89. The Morgan fingerprint density at radius 1 is 1.03 bits per heavy atom. The summed E-state index contributed by atoms with van der Waals surface area (Å²) in [6, 6.07) is 14.2. The second-order valence-electron chi connectivity index (χ2n) is 8.92. The lowest BCUT2D eigenvalue weighted by atomic mass is 10.1. The number of amides is 1. The molecule has 2 aromatic carbocycles. The number of fused-ring (bicyclic) bond motifs is 1. The molecule has 2 aliphatic heterocycles. The van der Waals surface area contributed by atoms with Crippen molar-refractivity contribution in [3.63, 3.8) is 0 Å². The smallest absolute Gasteiger partial charge is 0.410 e. The van der Waals surface area contributed by atoms with E-state index in [4.69, 9.17) is 4.74 Å². The molecule has 1 saturated heterocycles. The van der Waals surface area contributed by atoms with Crippen molar-refractivity contribution in [2.75, 3.05) is 24.5 Å². The Balaban J connectivity index is 1.50. The largest absolute Gasteiger partial charge is 0.444 e. The van der Waals surface area contributed by atoms with Crippen LogP contribution in [0.25, 0.3) is 0 Å². The average molecular weight is 429 g/mol. The highest BCUT2D eigenvalue weighted by Gasteiger charge is 2.35. The number of benzene rings is 2. The van der Waals surface area contributed by atoms with Crippen molar-refractivity contribution in [2.24, 2.45) is 0 Å². The molecule has 0 N–H and O–H groups in total. The molecule has 1 atom stereocenters. The molecule has 0 aromatic heterocycles. The first-order valence-electron chi connectivity index (χ1n) is 10.3. The molecular formula is C23H28N2O4S. The number of nitrogens with zero attached hydrogens (tertiary/aromatic N) is 2. The summed E-state index contributed by atoms with van der Waals surface area (Å²) in [5, 5.41) is 0. The van der Waals surface area contributed by atoms with Crippen molar-refractivity contribution in [1.82, 2.24) is 4.90 Å². The van der Waals surface area contributed by atoms with Crippen molar-refractivity contribution < 1.29 is 17.9 Å². The van der Waals surface area contributed by atoms with Gasteiger partial charge in [-0.1, -0.05) is 18.2 Å². The maximum Gasteiger partial charge on any atom is 0.410 e. The van der Waals surface area contributed by atoms with Gasteiger partial charge in [0.15, 0.2) is 0 Å². The third-order valence-corrected chi connectivity index (χ3v) is 7.37. The second-order valence-corrected chi connectivity index (χ2v) is 10.9. The number of likely N-dealkylation sites (tertiary alicyclic amines) is 1. The number of sulfone groups is 1. The summed E-state index contributed by atoms with van der Waals surface area (Å²) in [6.07, 6.45) is 1.41. The first kappa shape index (κ1) is 20.7. The summed E-state index contributed by atoms with van der Waals surface area (Å²) in [5.74, 6) is 0. The average Bonchev–Trinajstić information content (AvgIpc) is 3.33. The minimum absolute atomic E-state index is 0.218. The third-order valence-electron chi connectivity index (χ3n) is 5.60. The molecule has 0 radical (unpaired) electrons. The molecule has 2 heterocycles. The molecule has 4 rings (SSSR count). The SMILES string of the molecule is CC(C)(C)OC(=O)N1CCC(N2CCc3cc(S(=O)(=O)c4ccccc4)ccc32)C1. The number of anilines is 1. The van der Waals surface area contributed by atoms with E-state index < -0.39 is 15.4 Å². The van der Waals surface area contributed by atoms with Crippen LogP contribution in [0.3, 0.4) is 0 Å². The highest BCUT2D eigenvalue weighted by molar-refractivity contribution is 7.91. The normalized spacial score (nSPS) is 19.1. The van der Waals surface area contributed by atoms with Gasteiger partial charge in [-0.25, -0.2) is 13.2 Å². The Morgan fingerprint density at radius 2 is 1.77 bits per heavy atom. The van der Waals surface area contributed by atoms with Gasteiger partial charge in [0.2, 0.25) is 9.84 Å². The van der Waals surface area contributed by atoms with Crippen LogP contribution in [-0.4, -0.2) is 50.7 Å². The van der Waals surface area contributed by atoms with Crippen molar-refractivity contribution in [1.29, 1.82) is 0 Å². The summed E-state index contributed by atoms with van der Waals surface area (Å²) in [5.41, 5.74) is 1.61. The van der Waals surface area contributed by atoms with Crippen LogP contribution in [0.15, 0.2) is 58.3 Å². The molecule has 2 aliphatic rings. The molecule has 0 spiro atoms. The van der Waals surface area contributed by atoms with Gasteiger partial charge in [0.1, 0.15) is 5.60 Å². The molecular weight excluding hydrogens is 400 g/mol. The molecule has 1 unspecified atom stereocenters. The molecule has 6 nitrogen and oxygen atoms in total. The topological polar surface area (TPSA) is 66.9 Å². The van der Waals surface area contributed by atoms with E-state index in [-0.39, 0.29) is 12.1 Å². The number of carbonyl (C=O) groups is 1. The number of hydrogen-bond donors (Lipinski definition) is 0. The van der Waals surface area contributed by atoms with Gasteiger partial charge < -0.3 is 14.5 Å². The summed E-state index contributed by atoms with van der Waals surface area (Å²) >= 11 is 0. The van der Waals surface area contributed by atoms with Gasteiger partial charge >= 0.3 is 6.09 Å². The van der Waals surface area contributed by atoms with Crippen LogP contribution in [0.5, 0.6) is 0 Å². The molecule has 1 amide bonds. The Kier molecular flexibility index (Phi) is 5.26. The van der Waals surface area contributed by atoms with Crippen molar-refractivity contribution in [3.8, 4) is 0 Å². The monoisotopic (exact) mass is 428 g/mol. The zero-order valence-corrected chi connectivity index (χ0v) is 18.5. The highest BCUT2D eigenvalue weighted by atomic mass is 32.2. The fourth-order valence-electron chi connectivity index (χ4n) is 4.17. The standard InChI is InChI=1S/C23H28N2O4S/c1-23(2,3)29-22(26)24-13-12-18(16-24)25-14-11-17-15-20(9-10-21(17)25)30(27,28)19-7-5-4-6-8-19/h4-10,15,18H,11-14,16H2,1-3H3. The minimum Gasteiger partial charge on any atom is -0.444 e. The molecule has 160 valence electrons. The lowest BCUT2D eigenvalue weighted by Crippen LogP contribution is -2.40. The van der Waals surface area contributed by atoms with Crippen LogP contribution in [-0.2, 0) is 21.0 Å². The fourth-order valence-corrected chi connectivity index (χ4v) is 5.51. The first-order chi connectivity index (χ1) is 14.1. The van der Waals surface area contributed by atoms with E-state index >= 15 is 0 Å². The lowest BCUT2D eigenvalue weighted by molar-refractivity contribution is 0.0292. The fraction of sp³-hybridized carbons (Fsp3) is 0.435. The summed E-state index contributed by atoms with van der Waals surface area (Å²) in [6.45, 7) is 7.74. The highest BCUT2D eigenvalue weighted by Crippen LogP contribution is 2.35. The summed E-state index contributed by atoms with van der Waals surface area (Å²) < 4.78 is 31.4. The maximum absolute atomic E-state index is 12.9. The van der Waals surface area contributed by atoms with Gasteiger partial charge in [0, 0.05) is 31.4 Å². The molecule has 0 saturated carbocycles. The number of hydrogen-bond acceptors (Lipinski definition) is 5. The Morgan fingerprint density at radius 3 is 2.47 bits per heavy atom. The van der Waals surface area contributed by atoms with E-state index in [9.17, 15) is 13.2 Å². The third kappa shape index (κ3) is 4.03. The van der Waals surface area contributed by atoms with Crippen molar-refractivity contribution in [2.45, 2.75) is 55.0 Å². The van der Waals surface area contributed by atoms with E-state index in [0.29, 0.717) is 22.9 Å². The number of carbonyl (C=O) groups excluding carboxylic acids is 1. The maximum atomic E-state index is 12.9. The van der Waals surface area contributed by atoms with Gasteiger partial charge in [-0.05, 0) is 69.5 Å². The summed E-state index contributed by atoms with van der Waals surface area (Å²) in [4.78, 5) is 17.1. The quantitative estimate of drug-likeness (QED) is 0.742. The van der Waals surface area contributed by atoms with Gasteiger partial charge in [-0.3, -0.25) is 0 Å². The number of rotatable bonds is 3. The van der Waals surface area contributed by atoms with E-state index in [1.54, 1.807) is 41.3 Å². The van der Waals surface area contributed by atoms with E-state index in [1.165, 1.54) is 0 Å². The Hall–Kier alpha value is -2.54. The van der Waals surface area contributed by atoms with Crippen molar-refractivity contribution in [3.05, 3.63) is 54.1 Å². The molecule has 0 bridgehead atoms. The second kappa shape index (κ2) is 7.61. The van der Waals surface area contributed by atoms with Gasteiger partial charge in [0.25, 0.3) is 0 Å². The Labute approximate surface area is 178 Å². The van der Waals surface area contributed by atoms with Crippen LogP contribution < -0.4 is 4.90 Å². The molecule has 2 aromatic rings. The van der Waals surface area contributed by atoms with E-state index in [2.05, 4.69) is 4.90 Å². The van der Waals surface area contributed by atoms with Crippen LogP contribution in [0, 0.1) is 0 Å². The zero-order chi connectivity index (χ0) is 21.5. The minimum atomic E-state index is -3.52. The molecule has 0 aliphatic carbocycles. The lowest BCUT2D eigenvalue weighted by Gasteiger charge is -2.28. The van der Waals surface area contributed by atoms with Gasteiger partial charge in [-0.2, -0.15) is 0 Å². The number of ether oxygens (including phenoxy) is 1. The molecule has 1 fully saturated rings. The van der Waals surface area contributed by atoms with Crippen LogP contribution in [0.4, 0.5) is 10.5 Å². The van der Waals surface area contributed by atoms with E-state index in [0.717, 1.165) is 30.6 Å². The Bertz CT molecular complexity index is 1040. The van der Waals surface area contributed by atoms with Crippen LogP contribution in [0.2, 0.25) is 0 Å². The zero-order valence-electron chi connectivity index (χ0n) is 17.7. The van der Waals surface area contributed by atoms with Crippen molar-refractivity contribution >= 4 is 21.6 Å². The van der Waals surface area contributed by atoms with E-state index in [1.807, 2.05) is 32.9 Å². The molecule has 30 heavy (non-hydrogen) atoms. The summed E-state index contributed by atoms with van der Waals surface area (Å²) in [7, 11) is -3.52. The van der Waals surface area contributed by atoms with Gasteiger partial charge in [-0.15, -0.1) is 0 Å². The van der Waals surface area contributed by atoms with Crippen LogP contribution in [0.1, 0.15) is 32.8 Å². The van der Waals surface area contributed by atoms with Gasteiger partial charge in [0.05, 0.1) is 9.79 Å². The predicted molar refractivity (Wildman–Crippen MR) is 116 cm³/mol. The van der Waals surface area contributed by atoms with Crippen LogP contribution >= 0.6 is 0 Å². The first-order valence-corrected chi connectivity index (χ1v) is 11.8.